The van der Waals surface area contributed by atoms with E-state index in [-0.39, 0.29) is 5.56 Å². The molecule has 0 spiro atoms. The summed E-state index contributed by atoms with van der Waals surface area (Å²) >= 11 is 0. The van der Waals surface area contributed by atoms with E-state index in [1.54, 1.807) is 6.07 Å². The van der Waals surface area contributed by atoms with Gasteiger partial charge in [-0.25, -0.2) is 0 Å². The van der Waals surface area contributed by atoms with Crippen LogP contribution in [0.5, 0.6) is 0 Å². The Hall–Kier alpha value is -2.23. The maximum atomic E-state index is 12.2. The molecule has 1 heterocycles. The summed E-state index contributed by atoms with van der Waals surface area (Å²) in [5.74, 6) is 0. The fourth-order valence-electron chi connectivity index (χ4n) is 3.48. The fraction of sp³-hybridized carbons (Fsp3) is 0.421. The summed E-state index contributed by atoms with van der Waals surface area (Å²) in [6, 6.07) is 9.94. The Morgan fingerprint density at radius 1 is 1.04 bits per heavy atom. The molecule has 23 heavy (non-hydrogen) atoms. The molecule has 3 rings (SSSR count). The third-order valence-corrected chi connectivity index (χ3v) is 4.72. The summed E-state index contributed by atoms with van der Waals surface area (Å²) in [5, 5.41) is 3.24. The lowest BCUT2D eigenvalue weighted by Crippen LogP contribution is -2.20. The van der Waals surface area contributed by atoms with Gasteiger partial charge in [0.1, 0.15) is 0 Å². The van der Waals surface area contributed by atoms with Gasteiger partial charge in [0.25, 0.3) is 0 Å². The molecule has 1 aliphatic rings. The van der Waals surface area contributed by atoms with Crippen LogP contribution < -0.4 is 15.8 Å². The number of benzene rings is 1. The predicted octanol–water partition coefficient (Wildman–Crippen LogP) is 3.84. The second-order valence-corrected chi connectivity index (χ2v) is 6.22. The standard InChI is InChI=1S/C19H25N3O/c1-20-16-11-7-8-12-17(16)22(2)18-13-19(23)21-15-10-6-4-3-5-9-14(15)18/h7-8,11-13,20H,3-6,9-10H2,1-2H3,(H,21,23). The van der Waals surface area contributed by atoms with E-state index in [1.807, 2.05) is 26.2 Å². The highest BCUT2D eigenvalue weighted by atomic mass is 16.1. The summed E-state index contributed by atoms with van der Waals surface area (Å²) in [4.78, 5) is 17.4. The van der Waals surface area contributed by atoms with Gasteiger partial charge in [0.05, 0.1) is 17.1 Å². The molecule has 0 aliphatic heterocycles. The minimum Gasteiger partial charge on any atom is -0.386 e. The Labute approximate surface area is 137 Å². The molecule has 0 atom stereocenters. The van der Waals surface area contributed by atoms with E-state index in [0.717, 1.165) is 42.0 Å². The van der Waals surface area contributed by atoms with E-state index < -0.39 is 0 Å². The fourth-order valence-corrected chi connectivity index (χ4v) is 3.48. The number of anilines is 3. The van der Waals surface area contributed by atoms with Crippen LogP contribution in [0.2, 0.25) is 0 Å². The van der Waals surface area contributed by atoms with Crippen molar-refractivity contribution in [2.45, 2.75) is 38.5 Å². The van der Waals surface area contributed by atoms with Gasteiger partial charge in [0.2, 0.25) is 5.56 Å². The predicted molar refractivity (Wildman–Crippen MR) is 97.0 cm³/mol. The quantitative estimate of drug-likeness (QED) is 0.905. The number of aromatic amines is 1. The Bertz CT molecular complexity index is 736. The van der Waals surface area contributed by atoms with Gasteiger partial charge in [0, 0.05) is 25.9 Å². The second-order valence-electron chi connectivity index (χ2n) is 6.22. The molecule has 0 unspecified atom stereocenters. The van der Waals surface area contributed by atoms with E-state index in [1.165, 1.54) is 24.8 Å². The van der Waals surface area contributed by atoms with Gasteiger partial charge in [0.15, 0.2) is 0 Å². The van der Waals surface area contributed by atoms with Gasteiger partial charge in [-0.3, -0.25) is 4.79 Å². The maximum Gasteiger partial charge on any atom is 0.250 e. The molecule has 1 aliphatic carbocycles. The summed E-state index contributed by atoms with van der Waals surface area (Å²) in [7, 11) is 3.97. The first-order valence-corrected chi connectivity index (χ1v) is 8.46. The van der Waals surface area contributed by atoms with Crippen LogP contribution in [0.25, 0.3) is 0 Å². The van der Waals surface area contributed by atoms with Crippen LogP contribution in [-0.4, -0.2) is 19.1 Å². The zero-order chi connectivity index (χ0) is 16.2. The monoisotopic (exact) mass is 311 g/mol. The first kappa shape index (κ1) is 15.7. The lowest BCUT2D eigenvalue weighted by Gasteiger charge is -2.27. The molecule has 0 radical (unpaired) electrons. The number of aromatic nitrogens is 1. The van der Waals surface area contributed by atoms with Gasteiger partial charge in [-0.2, -0.15) is 0 Å². The number of nitrogens with zero attached hydrogens (tertiary/aromatic N) is 1. The van der Waals surface area contributed by atoms with Crippen molar-refractivity contribution in [2.24, 2.45) is 0 Å². The first-order chi connectivity index (χ1) is 11.2. The van der Waals surface area contributed by atoms with Gasteiger partial charge in [-0.05, 0) is 43.4 Å². The van der Waals surface area contributed by atoms with E-state index in [9.17, 15) is 4.79 Å². The molecule has 4 nitrogen and oxygen atoms in total. The average molecular weight is 311 g/mol. The number of nitrogens with one attached hydrogen (secondary N) is 2. The summed E-state index contributed by atoms with van der Waals surface area (Å²) in [5.41, 5.74) is 5.61. The van der Waals surface area contributed by atoms with Crippen LogP contribution >= 0.6 is 0 Å². The van der Waals surface area contributed by atoms with Crippen LogP contribution in [-0.2, 0) is 12.8 Å². The average Bonchev–Trinajstić information content (AvgIpc) is 2.55. The van der Waals surface area contributed by atoms with Crippen molar-refractivity contribution in [3.05, 3.63) is 51.9 Å². The SMILES string of the molecule is CNc1ccccc1N(C)c1cc(=O)[nH]c2c1CCCCCC2. The largest absolute Gasteiger partial charge is 0.386 e. The summed E-state index contributed by atoms with van der Waals surface area (Å²) in [6.45, 7) is 0. The Morgan fingerprint density at radius 3 is 2.57 bits per heavy atom. The Kier molecular flexibility index (Phi) is 4.70. The van der Waals surface area contributed by atoms with Crippen molar-refractivity contribution in [3.8, 4) is 0 Å². The van der Waals surface area contributed by atoms with Gasteiger partial charge in [-0.15, -0.1) is 0 Å². The minimum atomic E-state index is -0.00638. The molecular formula is C19H25N3O. The molecule has 122 valence electrons. The maximum absolute atomic E-state index is 12.2. The smallest absolute Gasteiger partial charge is 0.250 e. The molecular weight excluding hydrogens is 286 g/mol. The van der Waals surface area contributed by atoms with E-state index in [0.29, 0.717) is 0 Å². The van der Waals surface area contributed by atoms with Crippen LogP contribution in [0.3, 0.4) is 0 Å². The molecule has 0 saturated heterocycles. The van der Waals surface area contributed by atoms with Crippen LogP contribution in [0, 0.1) is 0 Å². The number of rotatable bonds is 3. The van der Waals surface area contributed by atoms with Gasteiger partial charge < -0.3 is 15.2 Å². The van der Waals surface area contributed by atoms with Crippen molar-refractivity contribution in [1.82, 2.24) is 4.98 Å². The zero-order valence-corrected chi connectivity index (χ0v) is 14.0. The van der Waals surface area contributed by atoms with Crippen molar-refractivity contribution in [2.75, 3.05) is 24.3 Å². The molecule has 0 saturated carbocycles. The highest BCUT2D eigenvalue weighted by Crippen LogP contribution is 2.34. The number of hydrogen-bond donors (Lipinski definition) is 2. The van der Waals surface area contributed by atoms with Gasteiger partial charge >= 0.3 is 0 Å². The number of aryl methyl sites for hydroxylation is 1. The molecule has 0 fully saturated rings. The highest BCUT2D eigenvalue weighted by Gasteiger charge is 2.17. The van der Waals surface area contributed by atoms with Crippen molar-refractivity contribution < 1.29 is 0 Å². The molecule has 1 aromatic carbocycles. The minimum absolute atomic E-state index is 0.00638. The summed E-state index contributed by atoms with van der Waals surface area (Å²) in [6.07, 6.45) is 6.88. The number of para-hydroxylation sites is 2. The number of fused-ring (bicyclic) bond motifs is 1. The normalized spacial score (nSPS) is 14.5. The zero-order valence-electron chi connectivity index (χ0n) is 14.0. The van der Waals surface area contributed by atoms with Crippen LogP contribution in [0.1, 0.15) is 36.9 Å². The van der Waals surface area contributed by atoms with E-state index in [4.69, 9.17) is 0 Å². The molecule has 4 heteroatoms. The van der Waals surface area contributed by atoms with Crippen LogP contribution in [0.15, 0.2) is 35.1 Å². The van der Waals surface area contributed by atoms with Crippen molar-refractivity contribution in [3.63, 3.8) is 0 Å². The lowest BCUT2D eigenvalue weighted by atomic mass is 9.95. The van der Waals surface area contributed by atoms with Crippen molar-refractivity contribution >= 4 is 17.1 Å². The van der Waals surface area contributed by atoms with Crippen LogP contribution in [0.4, 0.5) is 17.1 Å². The third kappa shape index (κ3) is 3.26. The number of hydrogen-bond acceptors (Lipinski definition) is 3. The van der Waals surface area contributed by atoms with E-state index in [2.05, 4.69) is 27.3 Å². The number of H-pyrrole nitrogens is 1. The number of pyridine rings is 1. The molecule has 2 aromatic rings. The molecule has 0 bridgehead atoms. The highest BCUT2D eigenvalue weighted by molar-refractivity contribution is 5.77. The third-order valence-electron chi connectivity index (χ3n) is 4.72. The Morgan fingerprint density at radius 2 is 1.78 bits per heavy atom. The van der Waals surface area contributed by atoms with E-state index >= 15 is 0 Å². The topological polar surface area (TPSA) is 48.1 Å². The second kappa shape index (κ2) is 6.90. The Balaban J connectivity index is 2.09. The van der Waals surface area contributed by atoms with Crippen molar-refractivity contribution in [1.29, 1.82) is 0 Å². The molecule has 2 N–H and O–H groups in total. The molecule has 0 amide bonds. The molecule has 1 aromatic heterocycles. The van der Waals surface area contributed by atoms with Gasteiger partial charge in [-0.1, -0.05) is 25.0 Å². The lowest BCUT2D eigenvalue weighted by molar-refractivity contribution is 0.607. The first-order valence-electron chi connectivity index (χ1n) is 8.46. The summed E-state index contributed by atoms with van der Waals surface area (Å²) < 4.78 is 0.